The van der Waals surface area contributed by atoms with Crippen LogP contribution in [0.25, 0.3) is 44.9 Å². The van der Waals surface area contributed by atoms with Gasteiger partial charge in [-0.2, -0.15) is 0 Å². The van der Waals surface area contributed by atoms with E-state index >= 15 is 0 Å². The van der Waals surface area contributed by atoms with Crippen molar-refractivity contribution in [2.24, 2.45) is 4.99 Å². The number of aromatic nitrogens is 3. The smallest absolute Gasteiger partial charge is 0.455 e. The van der Waals surface area contributed by atoms with Gasteiger partial charge >= 0.3 is 21.1 Å². The Morgan fingerprint density at radius 3 is 1.41 bits per heavy atom. The predicted octanol–water partition coefficient (Wildman–Crippen LogP) is 14.2. The largest absolute Gasteiger partial charge is 2.00 e. The quantitative estimate of drug-likeness (QED) is 0.136. The maximum atomic E-state index is 5.25. The van der Waals surface area contributed by atoms with Gasteiger partial charge in [-0.25, -0.2) is 0 Å². The Hall–Kier alpha value is -4.40. The van der Waals surface area contributed by atoms with Gasteiger partial charge in [-0.05, 0) is 114 Å². The van der Waals surface area contributed by atoms with E-state index in [0.29, 0.717) is 29.2 Å². The van der Waals surface area contributed by atoms with Crippen molar-refractivity contribution in [3.8, 4) is 44.9 Å². The van der Waals surface area contributed by atoms with Crippen molar-refractivity contribution < 1.29 is 21.1 Å². The Kier molecular flexibility index (Phi) is 13.7. The Bertz CT molecular complexity index is 2400. The van der Waals surface area contributed by atoms with Crippen LogP contribution in [-0.2, 0) is 31.9 Å². The van der Waals surface area contributed by atoms with Gasteiger partial charge < -0.3 is 15.0 Å². The molecule has 0 saturated carbocycles. The van der Waals surface area contributed by atoms with Gasteiger partial charge in [0.2, 0.25) is 0 Å². The SMILES string of the molecule is CC(C)c1cccc(C(C)C)c1-c1ccnc(-c2[c-]c(N=c3cc(C(C)(C)C)cc(-c4cc(-c5c(C(C)C)cccc5C(C)C)ccn4)[n-]3)cc(C(C)(C)C)c2)c1.[Pt+2]. The standard InChI is InChI=1S/C53H62N4.Pt/c1-32(2)42-17-15-18-43(33(3)4)50(42)36-21-23-54-46(27-36)38-25-39(52(9,10)11)29-41(26-38)56-49-31-40(53(12,13)14)30-48(57-49)47-28-37(22-24-55-47)51-44(34(5)6)19-16-20-45(51)35(7)8;/h15-25,27-35H,1-14H3;/q-2;+2. The molecule has 3 aromatic carbocycles. The van der Waals surface area contributed by atoms with Crippen LogP contribution in [0.5, 0.6) is 0 Å². The van der Waals surface area contributed by atoms with Crippen LogP contribution in [0.3, 0.4) is 0 Å². The third-order valence-corrected chi connectivity index (χ3v) is 11.0. The first kappa shape index (κ1) is 44.7. The molecule has 3 heterocycles. The summed E-state index contributed by atoms with van der Waals surface area (Å²) in [5.74, 6) is 1.56. The number of pyridine rings is 3. The van der Waals surface area contributed by atoms with Crippen LogP contribution in [0, 0.1) is 6.07 Å². The fraction of sp³-hybridized carbons (Fsp3) is 0.377. The summed E-state index contributed by atoms with van der Waals surface area (Å²) >= 11 is 0. The van der Waals surface area contributed by atoms with Crippen molar-refractivity contribution in [3.05, 3.63) is 142 Å². The van der Waals surface area contributed by atoms with Crippen LogP contribution in [0.1, 0.15) is 154 Å². The van der Waals surface area contributed by atoms with Gasteiger partial charge in [-0.1, -0.05) is 157 Å². The summed E-state index contributed by atoms with van der Waals surface area (Å²) < 4.78 is 0. The van der Waals surface area contributed by atoms with E-state index in [1.165, 1.54) is 44.5 Å². The zero-order chi connectivity index (χ0) is 41.4. The third-order valence-electron chi connectivity index (χ3n) is 11.0. The molecule has 0 aliphatic carbocycles. The monoisotopic (exact) mass is 949 g/mol. The van der Waals surface area contributed by atoms with Crippen molar-refractivity contribution in [2.45, 2.75) is 131 Å². The molecule has 0 fully saturated rings. The van der Waals surface area contributed by atoms with Crippen molar-refractivity contribution in [1.29, 1.82) is 0 Å². The Morgan fingerprint density at radius 2 is 0.966 bits per heavy atom. The molecule has 304 valence electrons. The summed E-state index contributed by atoms with van der Waals surface area (Å²) in [6.45, 7) is 31.6. The molecule has 0 radical (unpaired) electrons. The second-order valence-electron chi connectivity index (χ2n) is 19.0. The number of hydrogen-bond donors (Lipinski definition) is 0. The van der Waals surface area contributed by atoms with Crippen molar-refractivity contribution >= 4 is 5.69 Å². The molecule has 0 spiro atoms. The molecule has 0 aliphatic heterocycles. The van der Waals surface area contributed by atoms with Crippen LogP contribution in [0.2, 0.25) is 0 Å². The van der Waals surface area contributed by atoms with E-state index in [0.717, 1.165) is 39.5 Å². The van der Waals surface area contributed by atoms with Crippen molar-refractivity contribution in [3.63, 3.8) is 0 Å². The second-order valence-corrected chi connectivity index (χ2v) is 19.0. The number of rotatable bonds is 9. The van der Waals surface area contributed by atoms with E-state index in [1.54, 1.807) is 0 Å². The van der Waals surface area contributed by atoms with Crippen LogP contribution in [-0.4, -0.2) is 9.97 Å². The molecule has 0 aliphatic rings. The Labute approximate surface area is 363 Å². The van der Waals surface area contributed by atoms with E-state index in [-0.39, 0.29) is 31.9 Å². The molecule has 0 amide bonds. The molecule has 0 bridgehead atoms. The molecule has 0 N–H and O–H groups in total. The number of benzene rings is 3. The Balaban J connectivity index is 0.00000641. The van der Waals surface area contributed by atoms with E-state index in [4.69, 9.17) is 19.9 Å². The van der Waals surface area contributed by atoms with Gasteiger partial charge in [0, 0.05) is 12.4 Å². The topological polar surface area (TPSA) is 52.2 Å². The summed E-state index contributed by atoms with van der Waals surface area (Å²) in [6.07, 6.45) is 3.86. The molecule has 0 saturated heterocycles. The normalized spacial score (nSPS) is 12.6. The van der Waals surface area contributed by atoms with Gasteiger partial charge in [0.25, 0.3) is 0 Å². The molecule has 0 unspecified atom stereocenters. The van der Waals surface area contributed by atoms with Gasteiger partial charge in [-0.3, -0.25) is 4.98 Å². The fourth-order valence-corrected chi connectivity index (χ4v) is 7.67. The van der Waals surface area contributed by atoms with Crippen LogP contribution < -0.4 is 10.5 Å². The van der Waals surface area contributed by atoms with Gasteiger partial charge in [0.15, 0.2) is 0 Å². The minimum absolute atomic E-state index is 0. The molecule has 4 nitrogen and oxygen atoms in total. The summed E-state index contributed by atoms with van der Waals surface area (Å²) in [4.78, 5) is 20.3. The van der Waals surface area contributed by atoms with E-state index < -0.39 is 0 Å². The molecular weight excluding hydrogens is 888 g/mol. The van der Waals surface area contributed by atoms with Gasteiger partial charge in [0.1, 0.15) is 0 Å². The summed E-state index contributed by atoms with van der Waals surface area (Å²) in [5, 5.41) is 0. The summed E-state index contributed by atoms with van der Waals surface area (Å²) in [5.41, 5.74) is 17.2. The molecule has 58 heavy (non-hydrogen) atoms. The van der Waals surface area contributed by atoms with Crippen LogP contribution in [0.15, 0.2) is 102 Å². The molecule has 6 aromatic rings. The number of nitrogens with zero attached hydrogens (tertiary/aromatic N) is 4. The molecular formula is C53H62N4Pt. The van der Waals surface area contributed by atoms with Crippen molar-refractivity contribution in [2.75, 3.05) is 0 Å². The third kappa shape index (κ3) is 9.89. The molecule has 5 heteroatoms. The molecule has 0 atom stereocenters. The van der Waals surface area contributed by atoms with E-state index in [1.807, 2.05) is 12.4 Å². The van der Waals surface area contributed by atoms with Crippen molar-refractivity contribution in [1.82, 2.24) is 15.0 Å². The zero-order valence-electron chi connectivity index (χ0n) is 37.2. The maximum Gasteiger partial charge on any atom is 2.00 e. The average Bonchev–Trinajstić information content (AvgIpc) is 3.16. The van der Waals surface area contributed by atoms with E-state index in [9.17, 15) is 0 Å². The average molecular weight is 950 g/mol. The van der Waals surface area contributed by atoms with Gasteiger partial charge in [0.05, 0.1) is 5.69 Å². The summed E-state index contributed by atoms with van der Waals surface area (Å²) in [6, 6.07) is 34.5. The Morgan fingerprint density at radius 1 is 0.534 bits per heavy atom. The zero-order valence-corrected chi connectivity index (χ0v) is 39.4. The minimum Gasteiger partial charge on any atom is -0.455 e. The second kappa shape index (κ2) is 17.8. The van der Waals surface area contributed by atoms with Gasteiger partial charge in [-0.15, -0.1) is 35.0 Å². The van der Waals surface area contributed by atoms with E-state index in [2.05, 4.69) is 188 Å². The first-order valence-corrected chi connectivity index (χ1v) is 20.8. The maximum absolute atomic E-state index is 5.25. The number of hydrogen-bond acceptors (Lipinski definition) is 3. The first-order valence-electron chi connectivity index (χ1n) is 20.8. The van der Waals surface area contributed by atoms with Crippen LogP contribution >= 0.6 is 0 Å². The predicted molar refractivity (Wildman–Crippen MR) is 241 cm³/mol. The molecule has 6 rings (SSSR count). The molecule has 3 aromatic heterocycles. The fourth-order valence-electron chi connectivity index (χ4n) is 7.67. The minimum atomic E-state index is -0.137. The summed E-state index contributed by atoms with van der Waals surface area (Å²) in [7, 11) is 0. The van der Waals surface area contributed by atoms with Crippen LogP contribution in [0.4, 0.5) is 5.69 Å². The first-order chi connectivity index (χ1) is 26.8.